The minimum Gasteiger partial charge on any atom is -0.370 e. The lowest BCUT2D eigenvalue weighted by molar-refractivity contribution is 0.253. The fraction of sp³-hybridized carbons (Fsp3) is 0.280. The number of urea groups is 1. The Morgan fingerprint density at radius 2 is 1.86 bits per heavy atom. The minimum absolute atomic E-state index is 0.0745. The van der Waals surface area contributed by atoms with Crippen LogP contribution < -0.4 is 20.4 Å². The molecule has 2 amide bonds. The average Bonchev–Trinajstić information content (AvgIpc) is 3.19. The Kier molecular flexibility index (Phi) is 5.85. The molecule has 2 aliphatic heterocycles. The highest BCUT2D eigenvalue weighted by atomic mass is 35.5. The number of aryl methyl sites for hydroxylation is 1. The first-order chi connectivity index (χ1) is 16.7. The van der Waals surface area contributed by atoms with Gasteiger partial charge in [0.1, 0.15) is 17.3 Å². The van der Waals surface area contributed by atoms with Crippen molar-refractivity contribution in [3.8, 4) is 11.1 Å². The van der Waals surface area contributed by atoms with Gasteiger partial charge in [-0.1, -0.05) is 11.6 Å². The van der Waals surface area contributed by atoms with E-state index >= 15 is 8.78 Å². The number of aromatic nitrogens is 1. The number of anilines is 4. The molecule has 35 heavy (non-hydrogen) atoms. The highest BCUT2D eigenvalue weighted by Crippen LogP contribution is 2.47. The van der Waals surface area contributed by atoms with E-state index in [1.54, 1.807) is 24.8 Å². The lowest BCUT2D eigenvalue weighted by Gasteiger charge is -2.29. The second-order valence-electron chi connectivity index (χ2n) is 8.76. The standard InChI is InChI=1S/C25H23ClF3N5O/c1-3-33-24-18(8-15(27)11-31-24)22-13(2)6-14(26)7-21(22)34(25(33)35)23-19(28)9-17(10-20(23)29)32-5-4-16(30)12-32/h6-11,16H,3-5,12,30H2,1-2H3/t16-/m1/s1. The van der Waals surface area contributed by atoms with Gasteiger partial charge in [0, 0.05) is 47.5 Å². The molecule has 1 aromatic heterocycles. The fourth-order valence-electron chi connectivity index (χ4n) is 4.87. The van der Waals surface area contributed by atoms with Gasteiger partial charge >= 0.3 is 6.03 Å². The molecule has 0 bridgehead atoms. The third-order valence-corrected chi connectivity index (χ3v) is 6.65. The van der Waals surface area contributed by atoms with Crippen LogP contribution in [0.2, 0.25) is 5.02 Å². The molecule has 1 saturated heterocycles. The predicted octanol–water partition coefficient (Wildman–Crippen LogP) is 5.76. The second kappa shape index (κ2) is 8.73. The van der Waals surface area contributed by atoms with Crippen molar-refractivity contribution in [1.82, 2.24) is 4.98 Å². The molecular weight excluding hydrogens is 479 g/mol. The van der Waals surface area contributed by atoms with Crippen LogP contribution in [-0.2, 0) is 0 Å². The van der Waals surface area contributed by atoms with Gasteiger partial charge in [0.15, 0.2) is 11.6 Å². The zero-order chi connectivity index (χ0) is 25.0. The van der Waals surface area contributed by atoms with Crippen molar-refractivity contribution in [2.45, 2.75) is 26.3 Å². The van der Waals surface area contributed by atoms with Crippen LogP contribution in [0.25, 0.3) is 11.1 Å². The summed E-state index contributed by atoms with van der Waals surface area (Å²) in [5.41, 5.74) is 7.23. The SMILES string of the molecule is CCN1C(=O)N(c2c(F)cc(N3CC[C@@H](N)C3)cc2F)c2cc(Cl)cc(C)c2-c2cc(F)cnc21. The van der Waals surface area contributed by atoms with Crippen LogP contribution in [0.4, 0.5) is 40.8 Å². The number of rotatable bonds is 3. The first-order valence-corrected chi connectivity index (χ1v) is 11.6. The van der Waals surface area contributed by atoms with Gasteiger partial charge in [0.05, 0.1) is 11.9 Å². The number of fused-ring (bicyclic) bond motifs is 3. The molecule has 3 aromatic rings. The summed E-state index contributed by atoms with van der Waals surface area (Å²) in [6.45, 7) is 4.63. The number of nitrogens with zero attached hydrogens (tertiary/aromatic N) is 4. The smallest absolute Gasteiger partial charge is 0.334 e. The normalized spacial score (nSPS) is 17.5. The lowest BCUT2D eigenvalue weighted by atomic mass is 9.98. The quantitative estimate of drug-likeness (QED) is 0.495. The van der Waals surface area contributed by atoms with Crippen LogP contribution in [0.15, 0.2) is 36.5 Å². The van der Waals surface area contributed by atoms with Gasteiger partial charge in [0.25, 0.3) is 0 Å². The molecule has 1 atom stereocenters. The Balaban J connectivity index is 1.76. The van der Waals surface area contributed by atoms with Crippen LogP contribution >= 0.6 is 11.6 Å². The minimum atomic E-state index is -0.918. The summed E-state index contributed by atoms with van der Waals surface area (Å²) in [7, 11) is 0. The van der Waals surface area contributed by atoms with Crippen molar-refractivity contribution in [2.24, 2.45) is 5.73 Å². The molecule has 3 heterocycles. The van der Waals surface area contributed by atoms with Crippen molar-refractivity contribution in [1.29, 1.82) is 0 Å². The molecule has 0 aliphatic carbocycles. The maximum atomic E-state index is 15.7. The van der Waals surface area contributed by atoms with Gasteiger partial charge in [-0.2, -0.15) is 0 Å². The molecular formula is C25H23ClF3N5O. The predicted molar refractivity (Wildman–Crippen MR) is 131 cm³/mol. The second-order valence-corrected chi connectivity index (χ2v) is 9.19. The highest BCUT2D eigenvalue weighted by molar-refractivity contribution is 6.31. The topological polar surface area (TPSA) is 65.7 Å². The molecule has 1 fully saturated rings. The Bertz CT molecular complexity index is 1330. The van der Waals surface area contributed by atoms with Gasteiger partial charge < -0.3 is 10.6 Å². The summed E-state index contributed by atoms with van der Waals surface area (Å²) >= 11 is 6.32. The molecule has 0 saturated carbocycles. The average molecular weight is 502 g/mol. The number of carbonyl (C=O) groups excluding carboxylic acids is 1. The van der Waals surface area contributed by atoms with E-state index in [1.165, 1.54) is 29.2 Å². The van der Waals surface area contributed by atoms with E-state index in [-0.39, 0.29) is 29.1 Å². The molecule has 6 nitrogen and oxygen atoms in total. The number of carbonyl (C=O) groups is 1. The van der Waals surface area contributed by atoms with E-state index in [0.717, 1.165) is 11.1 Å². The summed E-state index contributed by atoms with van der Waals surface area (Å²) in [4.78, 5) is 22.0. The molecule has 2 aromatic carbocycles. The Labute approximate surface area is 205 Å². The van der Waals surface area contributed by atoms with Crippen molar-refractivity contribution < 1.29 is 18.0 Å². The maximum absolute atomic E-state index is 15.7. The number of nitrogens with two attached hydrogens (primary N) is 1. The summed E-state index contributed by atoms with van der Waals surface area (Å²) in [6, 6.07) is 5.94. The molecule has 0 unspecified atom stereocenters. The number of amides is 2. The third kappa shape index (κ3) is 3.88. The van der Waals surface area contributed by atoms with Gasteiger partial charge in [0.2, 0.25) is 0 Å². The van der Waals surface area contributed by atoms with E-state index in [9.17, 15) is 9.18 Å². The van der Waals surface area contributed by atoms with Crippen molar-refractivity contribution >= 4 is 40.5 Å². The molecule has 10 heteroatoms. The van der Waals surface area contributed by atoms with E-state index in [2.05, 4.69) is 4.98 Å². The molecule has 2 aliphatic rings. The van der Waals surface area contributed by atoms with Crippen LogP contribution in [0, 0.1) is 24.4 Å². The summed E-state index contributed by atoms with van der Waals surface area (Å²) in [5.74, 6) is -2.25. The lowest BCUT2D eigenvalue weighted by Crippen LogP contribution is -2.41. The molecule has 0 radical (unpaired) electrons. The third-order valence-electron chi connectivity index (χ3n) is 6.43. The summed E-state index contributed by atoms with van der Waals surface area (Å²) in [6.07, 6.45) is 1.72. The first kappa shape index (κ1) is 23.4. The fourth-order valence-corrected chi connectivity index (χ4v) is 5.14. The molecule has 2 N–H and O–H groups in total. The van der Waals surface area contributed by atoms with Crippen LogP contribution in [0.3, 0.4) is 0 Å². The van der Waals surface area contributed by atoms with Gasteiger partial charge in [-0.05, 0) is 56.2 Å². The van der Waals surface area contributed by atoms with E-state index in [4.69, 9.17) is 17.3 Å². The van der Waals surface area contributed by atoms with Crippen LogP contribution in [0.1, 0.15) is 18.9 Å². The van der Waals surface area contributed by atoms with E-state index in [0.29, 0.717) is 41.9 Å². The molecule has 182 valence electrons. The number of benzene rings is 2. The van der Waals surface area contributed by atoms with Crippen molar-refractivity contribution in [2.75, 3.05) is 34.3 Å². The van der Waals surface area contributed by atoms with Gasteiger partial charge in [-0.3, -0.25) is 9.80 Å². The van der Waals surface area contributed by atoms with Gasteiger partial charge in [-0.25, -0.2) is 22.9 Å². The number of halogens is 4. The maximum Gasteiger partial charge on any atom is 0.334 e. The van der Waals surface area contributed by atoms with E-state index in [1.807, 2.05) is 0 Å². The number of hydrogen-bond donors (Lipinski definition) is 1. The largest absolute Gasteiger partial charge is 0.370 e. The Morgan fingerprint density at radius 3 is 2.49 bits per heavy atom. The monoisotopic (exact) mass is 501 g/mol. The van der Waals surface area contributed by atoms with Crippen molar-refractivity contribution in [3.05, 3.63) is 64.6 Å². The van der Waals surface area contributed by atoms with E-state index < -0.39 is 29.2 Å². The Hall–Kier alpha value is -3.30. The Morgan fingerprint density at radius 1 is 1.14 bits per heavy atom. The van der Waals surface area contributed by atoms with Crippen LogP contribution in [-0.4, -0.2) is 36.7 Å². The number of hydrogen-bond acceptors (Lipinski definition) is 4. The summed E-state index contributed by atoms with van der Waals surface area (Å²) < 4.78 is 45.6. The summed E-state index contributed by atoms with van der Waals surface area (Å²) in [5, 5.41) is 0.262. The van der Waals surface area contributed by atoms with Crippen molar-refractivity contribution in [3.63, 3.8) is 0 Å². The van der Waals surface area contributed by atoms with Crippen LogP contribution in [0.5, 0.6) is 0 Å². The highest BCUT2D eigenvalue weighted by Gasteiger charge is 2.37. The molecule has 0 spiro atoms. The zero-order valence-electron chi connectivity index (χ0n) is 19.2. The molecule has 5 rings (SSSR count). The first-order valence-electron chi connectivity index (χ1n) is 11.3. The zero-order valence-corrected chi connectivity index (χ0v) is 19.9. The number of pyridine rings is 1. The van der Waals surface area contributed by atoms with Gasteiger partial charge in [-0.15, -0.1) is 0 Å².